The Hall–Kier alpha value is -1.66. The van der Waals surface area contributed by atoms with E-state index in [9.17, 15) is 4.79 Å². The van der Waals surface area contributed by atoms with Gasteiger partial charge >= 0.3 is 0 Å². The largest absolute Gasteiger partial charge is 0.367 e. The van der Waals surface area contributed by atoms with Crippen LogP contribution in [0, 0.1) is 5.82 Å². The van der Waals surface area contributed by atoms with E-state index in [-0.39, 0.29) is 28.8 Å². The molecule has 0 aromatic heterocycles. The number of nitrogens with one attached hydrogen (secondary N) is 1. The molecule has 3 rings (SSSR count). The summed E-state index contributed by atoms with van der Waals surface area (Å²) < 4.78 is 15.1. The third-order valence-electron chi connectivity index (χ3n) is 6.98. The third kappa shape index (κ3) is 6.02. The number of benzene rings is 1. The highest BCUT2D eigenvalue weighted by Crippen LogP contribution is 2.33. The van der Waals surface area contributed by atoms with Crippen LogP contribution >= 0.6 is 0 Å². The van der Waals surface area contributed by atoms with Crippen molar-refractivity contribution in [2.24, 2.45) is 0 Å². The van der Waals surface area contributed by atoms with Crippen molar-refractivity contribution in [3.05, 3.63) is 29.6 Å². The van der Waals surface area contributed by atoms with E-state index >= 15 is 4.39 Å². The van der Waals surface area contributed by atoms with Crippen LogP contribution in [0.1, 0.15) is 77.6 Å². The number of unbranched alkanes of at least 4 members (excludes halogenated alkanes) is 1. The number of nitrogens with zero attached hydrogens (tertiary/aromatic N) is 3. The molecule has 1 aromatic rings. The van der Waals surface area contributed by atoms with Gasteiger partial charge in [-0.15, -0.1) is 0 Å². The monoisotopic (exact) mass is 446 g/mol. The smallest absolute Gasteiger partial charge is 0.254 e. The molecule has 2 saturated heterocycles. The fourth-order valence-electron chi connectivity index (χ4n) is 5.63. The van der Waals surface area contributed by atoms with Crippen LogP contribution in [0.2, 0.25) is 0 Å². The molecule has 2 aliphatic heterocycles. The lowest BCUT2D eigenvalue weighted by Gasteiger charge is -2.49. The molecule has 1 N–H and O–H groups in total. The third-order valence-corrected chi connectivity index (χ3v) is 6.98. The average molecular weight is 447 g/mol. The number of hydrogen-bond donors (Lipinski definition) is 1. The van der Waals surface area contributed by atoms with E-state index in [1.807, 2.05) is 11.0 Å². The molecule has 180 valence electrons. The van der Waals surface area contributed by atoms with Crippen molar-refractivity contribution >= 4 is 11.6 Å². The Morgan fingerprint density at radius 2 is 1.72 bits per heavy atom. The fraction of sp³-hybridized carbons (Fsp3) is 0.731. The van der Waals surface area contributed by atoms with Crippen LogP contribution in [0.3, 0.4) is 0 Å². The molecule has 5 nitrogen and oxygen atoms in total. The number of carbonyl (C=O) groups excluding carboxylic acids is 1. The van der Waals surface area contributed by atoms with Crippen LogP contribution in [0.5, 0.6) is 0 Å². The normalized spacial score (nSPS) is 21.5. The summed E-state index contributed by atoms with van der Waals surface area (Å²) in [7, 11) is 0. The van der Waals surface area contributed by atoms with Crippen molar-refractivity contribution in [1.29, 1.82) is 0 Å². The van der Waals surface area contributed by atoms with E-state index in [0.29, 0.717) is 17.8 Å². The highest BCUT2D eigenvalue weighted by molar-refractivity contribution is 5.95. The zero-order valence-electron chi connectivity index (χ0n) is 21.0. The van der Waals surface area contributed by atoms with Gasteiger partial charge in [-0.1, -0.05) is 20.3 Å². The van der Waals surface area contributed by atoms with Crippen LogP contribution in [0.15, 0.2) is 18.2 Å². The molecule has 1 aromatic carbocycles. The predicted molar refractivity (Wildman–Crippen MR) is 131 cm³/mol. The fourth-order valence-corrected chi connectivity index (χ4v) is 5.63. The number of amides is 1. The first-order chi connectivity index (χ1) is 15.0. The molecule has 1 amide bonds. The molecule has 0 bridgehead atoms. The number of anilines is 1. The van der Waals surface area contributed by atoms with Gasteiger partial charge in [0.05, 0.1) is 5.69 Å². The van der Waals surface area contributed by atoms with Crippen molar-refractivity contribution in [3.63, 3.8) is 0 Å². The predicted octanol–water partition coefficient (Wildman–Crippen LogP) is 4.52. The molecule has 0 saturated carbocycles. The van der Waals surface area contributed by atoms with Gasteiger partial charge in [0.15, 0.2) is 0 Å². The van der Waals surface area contributed by atoms with Crippen molar-refractivity contribution in [1.82, 2.24) is 15.1 Å². The Morgan fingerprint density at radius 3 is 2.25 bits per heavy atom. The number of hydrogen-bond acceptors (Lipinski definition) is 4. The Kier molecular flexibility index (Phi) is 7.87. The minimum absolute atomic E-state index is 0.0433. The van der Waals surface area contributed by atoms with Crippen LogP contribution < -0.4 is 10.2 Å². The lowest BCUT2D eigenvalue weighted by atomic mass is 9.78. The Bertz CT molecular complexity index is 770. The van der Waals surface area contributed by atoms with Crippen LogP contribution in [0.25, 0.3) is 0 Å². The minimum atomic E-state index is -0.290. The first kappa shape index (κ1) is 25.0. The molecular weight excluding hydrogens is 403 g/mol. The van der Waals surface area contributed by atoms with E-state index in [2.05, 4.69) is 56.7 Å². The number of rotatable bonds is 7. The van der Waals surface area contributed by atoms with Crippen molar-refractivity contribution in [2.45, 2.75) is 84.3 Å². The molecule has 2 aliphatic rings. The summed E-state index contributed by atoms with van der Waals surface area (Å²) >= 11 is 0. The molecule has 6 heteroatoms. The van der Waals surface area contributed by atoms with Gasteiger partial charge in [0, 0.05) is 55.4 Å². The van der Waals surface area contributed by atoms with Gasteiger partial charge in [-0.3, -0.25) is 4.79 Å². The minimum Gasteiger partial charge on any atom is -0.367 e. The number of carbonyl (C=O) groups is 1. The van der Waals surface area contributed by atoms with Crippen molar-refractivity contribution < 1.29 is 9.18 Å². The summed E-state index contributed by atoms with van der Waals surface area (Å²) in [5, 5.41) is 3.70. The number of halogens is 1. The summed E-state index contributed by atoms with van der Waals surface area (Å²) in [5.41, 5.74) is 0.977. The van der Waals surface area contributed by atoms with Crippen molar-refractivity contribution in [3.8, 4) is 0 Å². The summed E-state index contributed by atoms with van der Waals surface area (Å²) in [6.45, 7) is 18.4. The first-order valence-electron chi connectivity index (χ1n) is 12.4. The van der Waals surface area contributed by atoms with E-state index < -0.39 is 0 Å². The lowest BCUT2D eigenvalue weighted by Crippen LogP contribution is -2.62. The van der Waals surface area contributed by atoms with Gasteiger partial charge in [0.1, 0.15) is 5.82 Å². The molecule has 0 atom stereocenters. The molecule has 2 fully saturated rings. The molecule has 0 aliphatic carbocycles. The molecule has 0 spiro atoms. The van der Waals surface area contributed by atoms with Gasteiger partial charge < -0.3 is 20.0 Å². The topological polar surface area (TPSA) is 38.8 Å². The van der Waals surface area contributed by atoms with Gasteiger partial charge in [-0.2, -0.15) is 0 Å². The van der Waals surface area contributed by atoms with Gasteiger partial charge in [-0.05, 0) is 71.7 Å². The number of likely N-dealkylation sites (N-methyl/N-ethyl adjacent to an activating group) is 1. The molecule has 0 radical (unpaired) electrons. The Morgan fingerprint density at radius 1 is 1.09 bits per heavy atom. The summed E-state index contributed by atoms with van der Waals surface area (Å²) in [6, 6.07) is 5.23. The maximum absolute atomic E-state index is 15.1. The van der Waals surface area contributed by atoms with Crippen molar-refractivity contribution in [2.75, 3.05) is 44.2 Å². The SMILES string of the molecule is CCCCN(C(=O)c1ccc(N2CCN(CC)CC2)c(F)c1)C1CC(C)(C)NC(C)(C)C1. The first-order valence-corrected chi connectivity index (χ1v) is 12.4. The second-order valence-corrected chi connectivity index (χ2v) is 10.9. The van der Waals surface area contributed by atoms with Crippen LogP contribution in [-0.2, 0) is 0 Å². The Balaban J connectivity index is 1.80. The zero-order valence-corrected chi connectivity index (χ0v) is 21.0. The molecule has 32 heavy (non-hydrogen) atoms. The van der Waals surface area contributed by atoms with Gasteiger partial charge in [0.25, 0.3) is 5.91 Å². The zero-order chi connectivity index (χ0) is 23.5. The molecular formula is C26H43FN4O. The van der Waals surface area contributed by atoms with E-state index in [1.165, 1.54) is 6.07 Å². The van der Waals surface area contributed by atoms with E-state index in [0.717, 1.165) is 58.4 Å². The molecule has 2 heterocycles. The van der Waals surface area contributed by atoms with Crippen LogP contribution in [0.4, 0.5) is 10.1 Å². The number of piperazine rings is 1. The second-order valence-electron chi connectivity index (χ2n) is 10.9. The summed E-state index contributed by atoms with van der Waals surface area (Å²) in [6.07, 6.45) is 3.78. The molecule has 0 unspecified atom stereocenters. The quantitative estimate of drug-likeness (QED) is 0.668. The van der Waals surface area contributed by atoms with E-state index in [4.69, 9.17) is 0 Å². The standard InChI is InChI=1S/C26H43FN4O/c1-7-9-12-31(21-18-25(3,4)28-26(5,6)19-21)24(32)20-10-11-23(22(27)17-20)30-15-13-29(8-2)14-16-30/h10-11,17,21,28H,7-9,12-16,18-19H2,1-6H3. The highest BCUT2D eigenvalue weighted by atomic mass is 19.1. The van der Waals surface area contributed by atoms with Gasteiger partial charge in [-0.25, -0.2) is 4.39 Å². The number of piperidine rings is 1. The van der Waals surface area contributed by atoms with E-state index in [1.54, 1.807) is 6.07 Å². The maximum atomic E-state index is 15.1. The maximum Gasteiger partial charge on any atom is 0.254 e. The highest BCUT2D eigenvalue weighted by Gasteiger charge is 2.41. The average Bonchev–Trinajstić information content (AvgIpc) is 2.71. The van der Waals surface area contributed by atoms with Crippen LogP contribution in [-0.4, -0.2) is 72.1 Å². The summed E-state index contributed by atoms with van der Waals surface area (Å²) in [4.78, 5) is 20.1. The van der Waals surface area contributed by atoms with Gasteiger partial charge in [0.2, 0.25) is 0 Å². The second kappa shape index (κ2) is 10.1. The summed E-state index contributed by atoms with van der Waals surface area (Å²) in [5.74, 6) is -0.333. The lowest BCUT2D eigenvalue weighted by molar-refractivity contribution is 0.0441. The Labute approximate surface area is 194 Å².